The van der Waals surface area contributed by atoms with Crippen LogP contribution in [0.5, 0.6) is 0 Å². The van der Waals surface area contributed by atoms with E-state index in [9.17, 15) is 4.79 Å². The summed E-state index contributed by atoms with van der Waals surface area (Å²) >= 11 is 1.21. The number of hydrogen-bond acceptors (Lipinski definition) is 3. The molecule has 0 radical (unpaired) electrons. The van der Waals surface area contributed by atoms with Gasteiger partial charge in [0.25, 0.3) is 0 Å². The van der Waals surface area contributed by atoms with Crippen LogP contribution in [0.4, 0.5) is 0 Å². The van der Waals surface area contributed by atoms with Crippen LogP contribution < -0.4 is 10.2 Å². The van der Waals surface area contributed by atoms with E-state index >= 15 is 0 Å². The number of hydrogen-bond donors (Lipinski definition) is 2. The fraction of sp³-hybridized carbons (Fsp3) is 0.462. The first-order valence-corrected chi connectivity index (χ1v) is 7.02. The largest absolute Gasteiger partial charge is 0.349 e. The van der Waals surface area contributed by atoms with Crippen molar-refractivity contribution >= 4 is 11.3 Å². The summed E-state index contributed by atoms with van der Waals surface area (Å²) < 4.78 is 2.31. The van der Waals surface area contributed by atoms with Gasteiger partial charge in [0.05, 0.1) is 0 Å². The summed E-state index contributed by atoms with van der Waals surface area (Å²) in [5.74, 6) is 0. The van der Waals surface area contributed by atoms with Gasteiger partial charge in [0.1, 0.15) is 0 Å². The van der Waals surface area contributed by atoms with Crippen molar-refractivity contribution in [2.24, 2.45) is 0 Å². The van der Waals surface area contributed by atoms with Crippen molar-refractivity contribution in [2.45, 2.75) is 40.4 Å². The first-order valence-electron chi connectivity index (χ1n) is 6.14. The minimum atomic E-state index is 0.0101. The highest BCUT2D eigenvalue weighted by Crippen LogP contribution is 2.14. The van der Waals surface area contributed by atoms with Gasteiger partial charge in [-0.15, -0.1) is 0 Å². The summed E-state index contributed by atoms with van der Waals surface area (Å²) in [6.45, 7) is 8.99. The molecule has 0 aliphatic heterocycles. The predicted molar refractivity (Wildman–Crippen MR) is 75.1 cm³/mol. The number of thiazole rings is 1. The van der Waals surface area contributed by atoms with Crippen LogP contribution in [0.1, 0.15) is 29.6 Å². The molecule has 0 saturated heterocycles. The molecular weight excluding hydrogens is 246 g/mol. The Balaban J connectivity index is 1.96. The molecule has 0 fully saturated rings. The van der Waals surface area contributed by atoms with Crippen molar-refractivity contribution in [3.63, 3.8) is 0 Å². The smallest absolute Gasteiger partial charge is 0.304 e. The summed E-state index contributed by atoms with van der Waals surface area (Å²) in [4.78, 5) is 13.8. The van der Waals surface area contributed by atoms with Crippen molar-refractivity contribution < 1.29 is 0 Å². The monoisotopic (exact) mass is 265 g/mol. The van der Waals surface area contributed by atoms with Crippen molar-refractivity contribution in [2.75, 3.05) is 0 Å². The van der Waals surface area contributed by atoms with Gasteiger partial charge >= 0.3 is 4.87 Å². The van der Waals surface area contributed by atoms with Crippen LogP contribution in [-0.2, 0) is 19.6 Å². The van der Waals surface area contributed by atoms with Crippen LogP contribution in [0, 0.1) is 13.8 Å². The molecule has 2 heterocycles. The van der Waals surface area contributed by atoms with E-state index < -0.39 is 0 Å². The fourth-order valence-corrected chi connectivity index (χ4v) is 2.85. The summed E-state index contributed by atoms with van der Waals surface area (Å²) in [5.41, 5.74) is 4.90. The maximum absolute atomic E-state index is 11.0. The van der Waals surface area contributed by atoms with Crippen LogP contribution in [0.25, 0.3) is 0 Å². The van der Waals surface area contributed by atoms with E-state index in [0.29, 0.717) is 6.54 Å². The predicted octanol–water partition coefficient (Wildman–Crippen LogP) is 2.16. The fourth-order valence-electron chi connectivity index (χ4n) is 2.27. The first kappa shape index (κ1) is 13.1. The third kappa shape index (κ3) is 2.73. The van der Waals surface area contributed by atoms with E-state index in [-0.39, 0.29) is 4.87 Å². The summed E-state index contributed by atoms with van der Waals surface area (Å²) in [6.07, 6.45) is 0. The van der Waals surface area contributed by atoms with Gasteiger partial charge in [-0.3, -0.25) is 4.79 Å². The molecule has 0 unspecified atom stereocenters. The van der Waals surface area contributed by atoms with Gasteiger partial charge in [-0.25, -0.2) is 0 Å². The molecule has 0 amide bonds. The molecule has 0 atom stereocenters. The van der Waals surface area contributed by atoms with Gasteiger partial charge in [0.2, 0.25) is 0 Å². The lowest BCUT2D eigenvalue weighted by Gasteiger charge is -2.06. The second kappa shape index (κ2) is 5.54. The van der Waals surface area contributed by atoms with Crippen LogP contribution in [0.15, 0.2) is 16.2 Å². The second-order valence-corrected chi connectivity index (χ2v) is 5.26. The molecule has 2 aromatic heterocycles. The molecule has 0 aromatic carbocycles. The molecule has 4 nitrogen and oxygen atoms in total. The second-order valence-electron chi connectivity index (χ2n) is 4.42. The summed E-state index contributed by atoms with van der Waals surface area (Å²) in [5, 5.41) is 5.23. The van der Waals surface area contributed by atoms with Crippen LogP contribution in [0.2, 0.25) is 0 Å². The lowest BCUT2D eigenvalue weighted by Crippen LogP contribution is -2.14. The zero-order valence-electron chi connectivity index (χ0n) is 11.0. The first-order chi connectivity index (χ1) is 8.61. The number of nitrogens with zero attached hydrogens (tertiary/aromatic N) is 1. The number of H-pyrrole nitrogens is 1. The average Bonchev–Trinajstić information content (AvgIpc) is 2.85. The van der Waals surface area contributed by atoms with E-state index in [1.807, 2.05) is 5.38 Å². The zero-order chi connectivity index (χ0) is 13.1. The van der Waals surface area contributed by atoms with Gasteiger partial charge < -0.3 is 14.9 Å². The molecule has 2 N–H and O–H groups in total. The van der Waals surface area contributed by atoms with E-state index in [1.165, 1.54) is 28.3 Å². The average molecular weight is 265 g/mol. The Labute approximate surface area is 111 Å². The Bertz CT molecular complexity index is 579. The summed E-state index contributed by atoms with van der Waals surface area (Å²) in [7, 11) is 0. The number of nitrogens with one attached hydrogen (secondary N) is 2. The molecule has 18 heavy (non-hydrogen) atoms. The van der Waals surface area contributed by atoms with Crippen LogP contribution in [0.3, 0.4) is 0 Å². The van der Waals surface area contributed by atoms with Crippen molar-refractivity contribution in [3.8, 4) is 0 Å². The molecule has 0 spiro atoms. The molecule has 0 bridgehead atoms. The number of aryl methyl sites for hydroxylation is 1. The van der Waals surface area contributed by atoms with Crippen LogP contribution >= 0.6 is 11.3 Å². The maximum atomic E-state index is 11.0. The van der Waals surface area contributed by atoms with E-state index in [2.05, 4.69) is 41.7 Å². The number of aromatic amines is 1. The third-order valence-electron chi connectivity index (χ3n) is 3.20. The topological polar surface area (TPSA) is 49.8 Å². The van der Waals surface area contributed by atoms with E-state index in [0.717, 1.165) is 18.8 Å². The maximum Gasteiger partial charge on any atom is 0.304 e. The van der Waals surface area contributed by atoms with Gasteiger partial charge in [0.15, 0.2) is 0 Å². The molecule has 0 aliphatic rings. The van der Waals surface area contributed by atoms with Crippen LogP contribution in [-0.4, -0.2) is 9.55 Å². The lowest BCUT2D eigenvalue weighted by atomic mass is 10.2. The molecule has 0 aliphatic carbocycles. The minimum absolute atomic E-state index is 0.0101. The normalized spacial score (nSPS) is 11.1. The highest BCUT2D eigenvalue weighted by molar-refractivity contribution is 7.07. The molecule has 2 aromatic rings. The van der Waals surface area contributed by atoms with E-state index in [1.54, 1.807) is 0 Å². The molecule has 5 heteroatoms. The number of aromatic nitrogens is 2. The van der Waals surface area contributed by atoms with E-state index in [4.69, 9.17) is 0 Å². The quantitative estimate of drug-likeness (QED) is 0.870. The molecular formula is C13H19N3OS. The van der Waals surface area contributed by atoms with Gasteiger partial charge in [-0.1, -0.05) is 11.3 Å². The minimum Gasteiger partial charge on any atom is -0.349 e. The molecule has 2 rings (SSSR count). The Kier molecular flexibility index (Phi) is 4.04. The SMILES string of the molecule is CCn1c(C)cc(CNCc2csc(=O)[nH]2)c1C. The van der Waals surface area contributed by atoms with Crippen molar-refractivity contribution in [1.29, 1.82) is 0 Å². The zero-order valence-corrected chi connectivity index (χ0v) is 11.9. The van der Waals surface area contributed by atoms with Crippen molar-refractivity contribution in [1.82, 2.24) is 14.9 Å². The van der Waals surface area contributed by atoms with Gasteiger partial charge in [0, 0.05) is 42.1 Å². The lowest BCUT2D eigenvalue weighted by molar-refractivity contribution is 0.667. The Morgan fingerprint density at radius 3 is 2.72 bits per heavy atom. The molecule has 98 valence electrons. The Morgan fingerprint density at radius 2 is 2.17 bits per heavy atom. The standard InChI is InChI=1S/C13H19N3OS/c1-4-16-9(2)5-11(10(16)3)6-14-7-12-8-18-13(17)15-12/h5,8,14H,4,6-7H2,1-3H3,(H,15,17). The number of rotatable bonds is 5. The summed E-state index contributed by atoms with van der Waals surface area (Å²) in [6, 6.07) is 2.22. The van der Waals surface area contributed by atoms with Gasteiger partial charge in [-0.2, -0.15) is 0 Å². The highest BCUT2D eigenvalue weighted by atomic mass is 32.1. The van der Waals surface area contributed by atoms with Gasteiger partial charge in [-0.05, 0) is 32.4 Å². The van der Waals surface area contributed by atoms with Crippen molar-refractivity contribution in [3.05, 3.63) is 43.8 Å². The highest BCUT2D eigenvalue weighted by Gasteiger charge is 2.07. The third-order valence-corrected chi connectivity index (χ3v) is 3.91. The Morgan fingerprint density at radius 1 is 1.39 bits per heavy atom. The Hall–Kier alpha value is -1.33. The molecule has 0 saturated carbocycles.